The Kier molecular flexibility index (Phi) is 5.19. The van der Waals surface area contributed by atoms with Crippen molar-refractivity contribution in [2.24, 2.45) is 5.10 Å². The van der Waals surface area contributed by atoms with Crippen LogP contribution in [0.5, 0.6) is 5.75 Å². The van der Waals surface area contributed by atoms with Gasteiger partial charge in [-0.15, -0.1) is 0 Å². The first-order valence-corrected chi connectivity index (χ1v) is 9.45. The largest absolute Gasteiger partial charge is 0.504 e. The van der Waals surface area contributed by atoms with Gasteiger partial charge in [0.05, 0.1) is 11.9 Å². The van der Waals surface area contributed by atoms with Gasteiger partial charge in [0.15, 0.2) is 11.4 Å². The molecule has 4 rings (SSSR count). The third-order valence-corrected chi connectivity index (χ3v) is 5.08. The lowest BCUT2D eigenvalue weighted by atomic mass is 9.83. The number of aromatic nitrogens is 2. The highest BCUT2D eigenvalue weighted by atomic mass is 16.3. The molecule has 1 aromatic heterocycles. The van der Waals surface area contributed by atoms with Gasteiger partial charge in [0, 0.05) is 5.71 Å². The Morgan fingerprint density at radius 1 is 1.04 bits per heavy atom. The monoisotopic (exact) mass is 374 g/mol. The van der Waals surface area contributed by atoms with Gasteiger partial charge in [-0.25, -0.2) is 10.1 Å². The summed E-state index contributed by atoms with van der Waals surface area (Å²) in [7, 11) is 0. The molecule has 3 aromatic rings. The van der Waals surface area contributed by atoms with Gasteiger partial charge < -0.3 is 5.11 Å². The molecule has 0 aliphatic heterocycles. The Hall–Kier alpha value is -3.41. The molecular weight excluding hydrogens is 352 g/mol. The van der Waals surface area contributed by atoms with E-state index >= 15 is 0 Å². The molecule has 6 heteroatoms. The number of nitrogens with zero attached hydrogens (tertiary/aromatic N) is 3. The summed E-state index contributed by atoms with van der Waals surface area (Å²) < 4.78 is 1.47. The molecule has 0 atom stereocenters. The lowest BCUT2D eigenvalue weighted by Crippen LogP contribution is -2.22. The number of hydrogen-bond donors (Lipinski definition) is 2. The highest BCUT2D eigenvalue weighted by molar-refractivity contribution is 5.96. The van der Waals surface area contributed by atoms with Gasteiger partial charge >= 0.3 is 0 Å². The Bertz CT molecular complexity index is 970. The van der Waals surface area contributed by atoms with Crippen molar-refractivity contribution < 1.29 is 9.90 Å². The normalized spacial score (nSPS) is 16.6. The van der Waals surface area contributed by atoms with Crippen LogP contribution < -0.4 is 5.43 Å². The number of hydrogen-bond acceptors (Lipinski definition) is 4. The third kappa shape index (κ3) is 3.96. The van der Waals surface area contributed by atoms with Crippen LogP contribution in [0.4, 0.5) is 0 Å². The van der Waals surface area contributed by atoms with Gasteiger partial charge in [-0.1, -0.05) is 48.5 Å². The Morgan fingerprint density at radius 2 is 1.68 bits per heavy atom. The van der Waals surface area contributed by atoms with Crippen LogP contribution in [0.15, 0.2) is 72.0 Å². The molecule has 142 valence electrons. The van der Waals surface area contributed by atoms with E-state index in [0.717, 1.165) is 37.1 Å². The number of carbonyl (C=O) groups excluding carboxylic acids is 1. The summed E-state index contributed by atoms with van der Waals surface area (Å²) in [6, 6.07) is 19.8. The molecule has 0 saturated heterocycles. The van der Waals surface area contributed by atoms with Gasteiger partial charge in [0.2, 0.25) is 0 Å². The maximum Gasteiger partial charge on any atom is 0.295 e. The molecule has 0 spiro atoms. The average Bonchev–Trinajstić information content (AvgIpc) is 3.15. The summed E-state index contributed by atoms with van der Waals surface area (Å²) in [5, 5.41) is 18.5. The number of hydrazone groups is 1. The van der Waals surface area contributed by atoms with Gasteiger partial charge in [0.1, 0.15) is 0 Å². The Morgan fingerprint density at radius 3 is 2.36 bits per heavy atom. The van der Waals surface area contributed by atoms with Crippen LogP contribution in [0.25, 0.3) is 5.69 Å². The predicted octanol–water partition coefficient (Wildman–Crippen LogP) is 4.02. The van der Waals surface area contributed by atoms with Crippen LogP contribution in [0.2, 0.25) is 0 Å². The highest BCUT2D eigenvalue weighted by Crippen LogP contribution is 2.31. The second kappa shape index (κ2) is 8.08. The molecule has 1 heterocycles. The minimum atomic E-state index is -0.509. The second-order valence-corrected chi connectivity index (χ2v) is 6.95. The molecule has 6 nitrogen and oxygen atoms in total. The fourth-order valence-electron chi connectivity index (χ4n) is 3.54. The lowest BCUT2D eigenvalue weighted by Gasteiger charge is -2.23. The summed E-state index contributed by atoms with van der Waals surface area (Å²) in [4.78, 5) is 12.4. The van der Waals surface area contributed by atoms with Crippen molar-refractivity contribution in [3.05, 3.63) is 78.1 Å². The smallest absolute Gasteiger partial charge is 0.295 e. The van der Waals surface area contributed by atoms with Crippen LogP contribution in [-0.4, -0.2) is 26.5 Å². The van der Waals surface area contributed by atoms with Crippen molar-refractivity contribution in [2.45, 2.75) is 31.6 Å². The zero-order valence-electron chi connectivity index (χ0n) is 15.5. The van der Waals surface area contributed by atoms with Crippen LogP contribution in [0.3, 0.4) is 0 Å². The van der Waals surface area contributed by atoms with E-state index < -0.39 is 5.91 Å². The summed E-state index contributed by atoms with van der Waals surface area (Å²) in [6.07, 6.45) is 5.16. The lowest BCUT2D eigenvalue weighted by molar-refractivity contribution is 0.0946. The molecule has 1 amide bonds. The van der Waals surface area contributed by atoms with E-state index in [1.165, 1.54) is 16.4 Å². The van der Waals surface area contributed by atoms with Crippen molar-refractivity contribution in [1.82, 2.24) is 15.2 Å². The SMILES string of the molecule is O=C(NN=C1CCC(c2ccccc2)CC1)c1nn(-c2ccccc2)cc1O. The van der Waals surface area contributed by atoms with Crippen molar-refractivity contribution in [2.75, 3.05) is 0 Å². The molecule has 0 bridgehead atoms. The average molecular weight is 374 g/mol. The summed E-state index contributed by atoms with van der Waals surface area (Å²) >= 11 is 0. The molecule has 0 unspecified atom stereocenters. The minimum Gasteiger partial charge on any atom is -0.504 e. The maximum atomic E-state index is 12.4. The quantitative estimate of drug-likeness (QED) is 0.677. The number of amides is 1. The van der Waals surface area contributed by atoms with Gasteiger partial charge in [0.25, 0.3) is 5.91 Å². The molecule has 0 radical (unpaired) electrons. The molecule has 1 fully saturated rings. The predicted molar refractivity (Wildman–Crippen MR) is 108 cm³/mol. The fourth-order valence-corrected chi connectivity index (χ4v) is 3.54. The Labute approximate surface area is 163 Å². The highest BCUT2D eigenvalue weighted by Gasteiger charge is 2.20. The van der Waals surface area contributed by atoms with Crippen molar-refractivity contribution >= 4 is 11.6 Å². The first-order chi connectivity index (χ1) is 13.7. The van der Waals surface area contributed by atoms with Gasteiger partial charge in [-0.3, -0.25) is 4.79 Å². The molecule has 1 saturated carbocycles. The zero-order chi connectivity index (χ0) is 19.3. The van der Waals surface area contributed by atoms with Gasteiger partial charge in [-0.2, -0.15) is 10.2 Å². The molecule has 28 heavy (non-hydrogen) atoms. The minimum absolute atomic E-state index is 0.0359. The first kappa shape index (κ1) is 18.0. The number of nitrogens with one attached hydrogen (secondary N) is 1. The number of benzene rings is 2. The zero-order valence-corrected chi connectivity index (χ0v) is 15.5. The van der Waals surface area contributed by atoms with Crippen molar-refractivity contribution in [3.63, 3.8) is 0 Å². The van der Waals surface area contributed by atoms with E-state index in [0.29, 0.717) is 5.92 Å². The number of para-hydroxylation sites is 1. The molecule has 2 N–H and O–H groups in total. The van der Waals surface area contributed by atoms with Crippen LogP contribution in [0.1, 0.15) is 47.7 Å². The standard InChI is InChI=1S/C22H22N4O2/c27-20-15-26(19-9-5-2-6-10-19)25-21(20)22(28)24-23-18-13-11-17(12-14-18)16-7-3-1-4-8-16/h1-10,15,17,27H,11-14H2,(H,24,28). The topological polar surface area (TPSA) is 79.5 Å². The van der Waals surface area contributed by atoms with Crippen LogP contribution in [-0.2, 0) is 0 Å². The number of rotatable bonds is 4. The first-order valence-electron chi connectivity index (χ1n) is 9.45. The summed E-state index contributed by atoms with van der Waals surface area (Å²) in [6.45, 7) is 0. The fraction of sp³-hybridized carbons (Fsp3) is 0.227. The van der Waals surface area contributed by atoms with Gasteiger partial charge in [-0.05, 0) is 49.3 Å². The van der Waals surface area contributed by atoms with Crippen LogP contribution in [0, 0.1) is 0 Å². The maximum absolute atomic E-state index is 12.4. The van der Waals surface area contributed by atoms with E-state index in [1.807, 2.05) is 36.4 Å². The van der Waals surface area contributed by atoms with Crippen molar-refractivity contribution in [1.29, 1.82) is 0 Å². The number of aromatic hydroxyl groups is 1. The van der Waals surface area contributed by atoms with E-state index in [2.05, 4.69) is 39.9 Å². The van der Waals surface area contributed by atoms with E-state index in [-0.39, 0.29) is 11.4 Å². The van der Waals surface area contributed by atoms with Crippen molar-refractivity contribution in [3.8, 4) is 11.4 Å². The second-order valence-electron chi connectivity index (χ2n) is 6.95. The van der Waals surface area contributed by atoms with E-state index in [1.54, 1.807) is 0 Å². The van der Waals surface area contributed by atoms with E-state index in [9.17, 15) is 9.90 Å². The molecular formula is C22H22N4O2. The third-order valence-electron chi connectivity index (χ3n) is 5.08. The molecule has 1 aliphatic rings. The number of carbonyl (C=O) groups is 1. The summed E-state index contributed by atoms with van der Waals surface area (Å²) in [5.74, 6) is -0.138. The van der Waals surface area contributed by atoms with Crippen LogP contribution >= 0.6 is 0 Å². The molecule has 2 aromatic carbocycles. The van der Waals surface area contributed by atoms with E-state index in [4.69, 9.17) is 0 Å². The Balaban J connectivity index is 1.38. The molecule has 1 aliphatic carbocycles. The summed E-state index contributed by atoms with van der Waals surface area (Å²) in [5.41, 5.74) is 5.61.